The number of pyridine rings is 1. The van der Waals surface area contributed by atoms with Crippen LogP contribution in [0.4, 0.5) is 21.0 Å². The Bertz CT molecular complexity index is 1520. The predicted molar refractivity (Wildman–Crippen MR) is 169 cm³/mol. The van der Waals surface area contributed by atoms with E-state index in [9.17, 15) is 24.3 Å². The van der Waals surface area contributed by atoms with E-state index in [0.717, 1.165) is 28.9 Å². The first-order valence-electron chi connectivity index (χ1n) is 15.1. The van der Waals surface area contributed by atoms with Gasteiger partial charge in [0.2, 0.25) is 5.91 Å². The van der Waals surface area contributed by atoms with Crippen molar-refractivity contribution in [2.45, 2.75) is 97.2 Å². The Morgan fingerprint density at radius 3 is 2.30 bits per heavy atom. The Labute approximate surface area is 264 Å². The predicted octanol–water partition coefficient (Wildman–Crippen LogP) is 6.45. The number of hydrogen-bond donors (Lipinski definition) is 1. The van der Waals surface area contributed by atoms with Gasteiger partial charge in [-0.1, -0.05) is 65.1 Å². The van der Waals surface area contributed by atoms with Crippen molar-refractivity contribution in [1.29, 1.82) is 0 Å². The molecule has 1 aliphatic carbocycles. The summed E-state index contributed by atoms with van der Waals surface area (Å²) in [5, 5.41) is 10.6. The normalized spacial score (nSPS) is 20.3. The molecule has 1 aromatic heterocycles. The minimum atomic E-state index is -1.13. The topological polar surface area (TPSA) is 114 Å². The van der Waals surface area contributed by atoms with Crippen LogP contribution in [0.25, 0.3) is 0 Å². The van der Waals surface area contributed by atoms with Crippen LogP contribution in [0.15, 0.2) is 36.5 Å². The number of anilines is 2. The number of carboxylic acid groups (broad SMARTS) is 1. The van der Waals surface area contributed by atoms with E-state index >= 15 is 0 Å². The Balaban J connectivity index is 1.47. The standard InChI is InChI=1S/C33H42ClN5O5/c1-30(2,3)33(13-8-9-14-33)38(29(43)44)19-26(40)36-20-31(4,5)23-11-10-22(17-24(23)36)39-27(41)32(6,7)37(28(39)42)18-21-12-15-35-25(34)16-21/h10-12,15-17H,8-9,13-14,18-20H2,1-7H3,(H,43,44). The monoisotopic (exact) mass is 623 g/mol. The first-order chi connectivity index (χ1) is 20.4. The van der Waals surface area contributed by atoms with Crippen molar-refractivity contribution >= 4 is 46.9 Å². The van der Waals surface area contributed by atoms with E-state index in [-0.39, 0.29) is 30.3 Å². The maximum Gasteiger partial charge on any atom is 0.408 e. The van der Waals surface area contributed by atoms with Crippen LogP contribution in [0, 0.1) is 5.41 Å². The minimum Gasteiger partial charge on any atom is -0.465 e. The fourth-order valence-electron chi connectivity index (χ4n) is 7.30. The molecule has 5 amide bonds. The summed E-state index contributed by atoms with van der Waals surface area (Å²) in [6, 6.07) is 8.24. The summed E-state index contributed by atoms with van der Waals surface area (Å²) in [4.78, 5) is 63.8. The number of urea groups is 1. The van der Waals surface area contributed by atoms with Crippen molar-refractivity contribution in [3.63, 3.8) is 0 Å². The minimum absolute atomic E-state index is 0.166. The Kier molecular flexibility index (Phi) is 7.76. The Morgan fingerprint density at radius 2 is 1.70 bits per heavy atom. The number of nitrogens with zero attached hydrogens (tertiary/aromatic N) is 5. The van der Waals surface area contributed by atoms with Gasteiger partial charge in [-0.15, -0.1) is 0 Å². The highest BCUT2D eigenvalue weighted by Gasteiger charge is 2.53. The van der Waals surface area contributed by atoms with Gasteiger partial charge < -0.3 is 14.9 Å². The lowest BCUT2D eigenvalue weighted by molar-refractivity contribution is -0.123. The molecule has 0 spiro atoms. The Morgan fingerprint density at radius 1 is 1.05 bits per heavy atom. The summed E-state index contributed by atoms with van der Waals surface area (Å²) >= 11 is 6.06. The third-order valence-electron chi connectivity index (χ3n) is 9.94. The molecule has 1 N–H and O–H groups in total. The van der Waals surface area contributed by atoms with Crippen molar-refractivity contribution in [2.75, 3.05) is 22.9 Å². The van der Waals surface area contributed by atoms with Crippen molar-refractivity contribution < 1.29 is 24.3 Å². The molecule has 1 saturated carbocycles. The van der Waals surface area contributed by atoms with Crippen LogP contribution in [0.5, 0.6) is 0 Å². The van der Waals surface area contributed by atoms with E-state index in [2.05, 4.69) is 4.98 Å². The molecule has 10 nitrogen and oxygen atoms in total. The smallest absolute Gasteiger partial charge is 0.408 e. The van der Waals surface area contributed by atoms with E-state index in [1.54, 1.807) is 49.2 Å². The maximum absolute atomic E-state index is 14.0. The highest BCUT2D eigenvalue weighted by molar-refractivity contribution is 6.29. The number of hydrogen-bond acceptors (Lipinski definition) is 5. The molecule has 0 unspecified atom stereocenters. The zero-order valence-corrected chi connectivity index (χ0v) is 27.4. The van der Waals surface area contributed by atoms with E-state index in [0.29, 0.717) is 35.9 Å². The van der Waals surface area contributed by atoms with E-state index in [4.69, 9.17) is 11.6 Å². The molecule has 1 aromatic carbocycles. The summed E-state index contributed by atoms with van der Waals surface area (Å²) in [7, 11) is 0. The second-order valence-corrected chi connectivity index (χ2v) is 14.9. The van der Waals surface area contributed by atoms with Gasteiger partial charge in [-0.25, -0.2) is 19.5 Å². The fraction of sp³-hybridized carbons (Fsp3) is 0.545. The molecular weight excluding hydrogens is 582 g/mol. The van der Waals surface area contributed by atoms with Gasteiger partial charge in [0.15, 0.2) is 0 Å². The third kappa shape index (κ3) is 5.10. The second-order valence-electron chi connectivity index (χ2n) is 14.5. The summed E-state index contributed by atoms with van der Waals surface area (Å²) in [5.41, 5.74) is 0.0244. The molecule has 2 aliphatic heterocycles. The largest absolute Gasteiger partial charge is 0.465 e. The highest BCUT2D eigenvalue weighted by Crippen LogP contribution is 2.49. The van der Waals surface area contributed by atoms with Crippen LogP contribution in [-0.2, 0) is 21.5 Å². The van der Waals surface area contributed by atoms with E-state index in [1.807, 2.05) is 40.7 Å². The molecule has 3 aliphatic rings. The van der Waals surface area contributed by atoms with Crippen LogP contribution >= 0.6 is 11.6 Å². The quantitative estimate of drug-likeness (QED) is 0.292. The molecule has 1 saturated heterocycles. The number of benzene rings is 1. The van der Waals surface area contributed by atoms with E-state index in [1.165, 1.54) is 9.80 Å². The van der Waals surface area contributed by atoms with Gasteiger partial charge in [-0.2, -0.15) is 0 Å². The first kappa shape index (κ1) is 31.8. The lowest BCUT2D eigenvalue weighted by atomic mass is 9.71. The lowest BCUT2D eigenvalue weighted by Crippen LogP contribution is -2.60. The molecule has 44 heavy (non-hydrogen) atoms. The van der Waals surface area contributed by atoms with Gasteiger partial charge >= 0.3 is 12.1 Å². The number of carbonyl (C=O) groups excluding carboxylic acids is 3. The number of amides is 5. The third-order valence-corrected chi connectivity index (χ3v) is 10.1. The fourth-order valence-corrected chi connectivity index (χ4v) is 7.50. The second kappa shape index (κ2) is 10.8. The van der Waals surface area contributed by atoms with Crippen molar-refractivity contribution in [2.24, 2.45) is 5.41 Å². The molecule has 0 bridgehead atoms. The number of imide groups is 1. The average molecular weight is 624 g/mol. The van der Waals surface area contributed by atoms with Crippen molar-refractivity contribution in [3.8, 4) is 0 Å². The highest BCUT2D eigenvalue weighted by atomic mass is 35.5. The number of rotatable bonds is 6. The average Bonchev–Trinajstić information content (AvgIpc) is 3.57. The summed E-state index contributed by atoms with van der Waals surface area (Å²) in [5.74, 6) is -0.717. The van der Waals surface area contributed by atoms with Crippen LogP contribution in [0.1, 0.15) is 85.3 Å². The van der Waals surface area contributed by atoms with Crippen molar-refractivity contribution in [1.82, 2.24) is 14.8 Å². The number of aromatic nitrogens is 1. The van der Waals surface area contributed by atoms with Crippen LogP contribution in [0.3, 0.4) is 0 Å². The SMILES string of the molecule is CC1(C)CN(C(=O)CN(C(=O)O)C2(C(C)(C)C)CCCC2)c2cc(N3C(=O)N(Cc4ccnc(Cl)c4)C(C)(C)C3=O)ccc21. The van der Waals surface area contributed by atoms with Gasteiger partial charge in [0.1, 0.15) is 17.2 Å². The molecule has 3 heterocycles. The molecule has 2 fully saturated rings. The molecule has 236 valence electrons. The molecule has 5 rings (SSSR count). The molecule has 11 heteroatoms. The van der Waals surface area contributed by atoms with Crippen molar-refractivity contribution in [3.05, 3.63) is 52.8 Å². The van der Waals surface area contributed by atoms with E-state index < -0.39 is 28.6 Å². The van der Waals surface area contributed by atoms with Crippen LogP contribution < -0.4 is 9.80 Å². The molecule has 0 radical (unpaired) electrons. The van der Waals surface area contributed by atoms with Gasteiger partial charge in [-0.3, -0.25) is 14.5 Å². The molecule has 0 atom stereocenters. The maximum atomic E-state index is 14.0. The number of fused-ring (bicyclic) bond motifs is 1. The summed E-state index contributed by atoms with van der Waals surface area (Å²) < 4.78 is 0. The van der Waals surface area contributed by atoms with Crippen LogP contribution in [0.2, 0.25) is 5.15 Å². The van der Waals surface area contributed by atoms with Crippen LogP contribution in [-0.4, -0.2) is 68.0 Å². The first-order valence-corrected chi connectivity index (χ1v) is 15.5. The zero-order valence-electron chi connectivity index (χ0n) is 26.6. The zero-order chi connectivity index (χ0) is 32.4. The summed E-state index contributed by atoms with van der Waals surface area (Å²) in [6.07, 6.45) is 3.70. The lowest BCUT2D eigenvalue weighted by Gasteiger charge is -2.49. The van der Waals surface area contributed by atoms with Gasteiger partial charge in [0, 0.05) is 30.4 Å². The number of carbonyl (C=O) groups is 4. The number of halogens is 1. The van der Waals surface area contributed by atoms with Gasteiger partial charge in [0.25, 0.3) is 5.91 Å². The van der Waals surface area contributed by atoms with Gasteiger partial charge in [-0.05, 0) is 67.5 Å². The Hall–Kier alpha value is -3.66. The molecule has 2 aromatic rings. The summed E-state index contributed by atoms with van der Waals surface area (Å²) in [6.45, 7) is 13.8. The molecular formula is C33H42ClN5O5. The van der Waals surface area contributed by atoms with Gasteiger partial charge in [0.05, 0.1) is 11.2 Å².